The molecular weight excluding hydrogens is 224 g/mol. The molecule has 0 aromatic carbocycles. The van der Waals surface area contributed by atoms with Crippen molar-refractivity contribution >= 4 is 11.9 Å². The molecule has 1 aliphatic heterocycles. The quantitative estimate of drug-likeness (QED) is 0.626. The Hall–Kier alpha value is -1.14. The van der Waals surface area contributed by atoms with Crippen molar-refractivity contribution < 1.29 is 19.4 Å². The molecule has 0 spiro atoms. The van der Waals surface area contributed by atoms with Gasteiger partial charge in [-0.3, -0.25) is 9.59 Å². The van der Waals surface area contributed by atoms with Gasteiger partial charge in [0, 0.05) is 19.5 Å². The summed E-state index contributed by atoms with van der Waals surface area (Å²) in [6, 6.07) is -0.262. The lowest BCUT2D eigenvalue weighted by Gasteiger charge is -2.29. The summed E-state index contributed by atoms with van der Waals surface area (Å²) in [5, 5.41) is 11.5. The number of carboxylic acids is 1. The van der Waals surface area contributed by atoms with Gasteiger partial charge in [0.15, 0.2) is 0 Å². The van der Waals surface area contributed by atoms with Crippen LogP contribution in [0.3, 0.4) is 0 Å². The van der Waals surface area contributed by atoms with Gasteiger partial charge in [0.05, 0.1) is 19.3 Å². The van der Waals surface area contributed by atoms with Crippen LogP contribution in [0.25, 0.3) is 0 Å². The van der Waals surface area contributed by atoms with E-state index in [-0.39, 0.29) is 18.4 Å². The monoisotopic (exact) mass is 244 g/mol. The fourth-order valence-electron chi connectivity index (χ4n) is 1.70. The summed E-state index contributed by atoms with van der Waals surface area (Å²) in [6.07, 6.45) is 0.668. The molecule has 0 aromatic rings. The fourth-order valence-corrected chi connectivity index (χ4v) is 1.70. The molecule has 1 atom stereocenters. The van der Waals surface area contributed by atoms with Crippen LogP contribution in [0.5, 0.6) is 0 Å². The lowest BCUT2D eigenvalue weighted by atomic mass is 10.2. The summed E-state index contributed by atoms with van der Waals surface area (Å²) < 4.78 is 5.17. The fraction of sp³-hybridized carbons (Fsp3) is 0.818. The van der Waals surface area contributed by atoms with Crippen molar-refractivity contribution in [1.82, 2.24) is 10.2 Å². The number of hydrogen-bond donors (Lipinski definition) is 2. The highest BCUT2D eigenvalue weighted by atomic mass is 16.5. The predicted molar refractivity (Wildman–Crippen MR) is 61.7 cm³/mol. The van der Waals surface area contributed by atoms with Gasteiger partial charge in [0.1, 0.15) is 0 Å². The van der Waals surface area contributed by atoms with Crippen molar-refractivity contribution in [3.63, 3.8) is 0 Å². The lowest BCUT2D eigenvalue weighted by molar-refractivity contribution is -0.137. The number of hydrogen-bond acceptors (Lipinski definition) is 4. The van der Waals surface area contributed by atoms with E-state index in [1.54, 1.807) is 11.8 Å². The van der Waals surface area contributed by atoms with E-state index in [0.717, 1.165) is 0 Å². The average Bonchev–Trinajstić information content (AvgIpc) is 2.34. The van der Waals surface area contributed by atoms with Gasteiger partial charge >= 0.3 is 5.97 Å². The second kappa shape index (κ2) is 7.24. The molecule has 1 amide bonds. The molecule has 1 unspecified atom stereocenters. The predicted octanol–water partition coefficient (Wildman–Crippen LogP) is -0.312. The van der Waals surface area contributed by atoms with Crippen LogP contribution < -0.4 is 5.32 Å². The topological polar surface area (TPSA) is 78.9 Å². The first kappa shape index (κ1) is 13.9. The second-order valence-corrected chi connectivity index (χ2v) is 4.11. The Morgan fingerprint density at radius 3 is 2.65 bits per heavy atom. The van der Waals surface area contributed by atoms with Gasteiger partial charge in [0.2, 0.25) is 5.91 Å². The number of nitrogens with zero attached hydrogens (tertiary/aromatic N) is 1. The summed E-state index contributed by atoms with van der Waals surface area (Å²) in [6.45, 7) is 4.82. The van der Waals surface area contributed by atoms with E-state index in [4.69, 9.17) is 9.84 Å². The molecule has 1 saturated heterocycles. The normalized spacial score (nSPS) is 17.8. The number of nitrogens with one attached hydrogen (secondary N) is 1. The number of carboxylic acid groups (broad SMARTS) is 1. The highest BCUT2D eigenvalue weighted by Crippen LogP contribution is 2.00. The number of rotatable bonds is 6. The zero-order valence-electron chi connectivity index (χ0n) is 10.1. The third-order valence-corrected chi connectivity index (χ3v) is 2.71. The lowest BCUT2D eigenvalue weighted by Crippen LogP contribution is -2.49. The molecule has 0 radical (unpaired) electrons. The van der Waals surface area contributed by atoms with Crippen molar-refractivity contribution in [2.45, 2.75) is 25.8 Å². The zero-order chi connectivity index (χ0) is 12.7. The van der Waals surface area contributed by atoms with E-state index in [9.17, 15) is 9.59 Å². The van der Waals surface area contributed by atoms with E-state index >= 15 is 0 Å². The van der Waals surface area contributed by atoms with E-state index < -0.39 is 5.97 Å². The maximum atomic E-state index is 11.9. The summed E-state index contributed by atoms with van der Waals surface area (Å²) in [4.78, 5) is 24.0. The molecule has 0 aliphatic carbocycles. The Morgan fingerprint density at radius 1 is 1.41 bits per heavy atom. The minimum Gasteiger partial charge on any atom is -0.481 e. The van der Waals surface area contributed by atoms with Crippen molar-refractivity contribution in [3.05, 3.63) is 0 Å². The van der Waals surface area contributed by atoms with Crippen LogP contribution in [-0.2, 0) is 14.3 Å². The molecule has 0 saturated carbocycles. The molecule has 17 heavy (non-hydrogen) atoms. The van der Waals surface area contributed by atoms with Crippen LogP contribution in [0.4, 0.5) is 0 Å². The van der Waals surface area contributed by atoms with Gasteiger partial charge in [-0.15, -0.1) is 0 Å². The molecule has 0 aromatic heterocycles. The smallest absolute Gasteiger partial charge is 0.303 e. The Kier molecular flexibility index (Phi) is 5.93. The number of morpholine rings is 1. The van der Waals surface area contributed by atoms with E-state index in [0.29, 0.717) is 39.3 Å². The maximum Gasteiger partial charge on any atom is 0.303 e. The standard InChI is InChI=1S/C11H20N2O4/c1-9(12-4-2-3-10(14)15)11(16)13-5-7-17-8-6-13/h9,12H,2-8H2,1H3,(H,14,15). The second-order valence-electron chi connectivity index (χ2n) is 4.11. The summed E-state index contributed by atoms with van der Waals surface area (Å²) in [5.74, 6) is -0.748. The molecule has 98 valence electrons. The number of ether oxygens (including phenoxy) is 1. The average molecular weight is 244 g/mol. The molecule has 1 heterocycles. The maximum absolute atomic E-state index is 11.9. The van der Waals surface area contributed by atoms with E-state index in [2.05, 4.69) is 5.32 Å². The summed E-state index contributed by atoms with van der Waals surface area (Å²) in [5.41, 5.74) is 0. The SMILES string of the molecule is CC(NCCCC(=O)O)C(=O)N1CCOCC1. The van der Waals surface area contributed by atoms with Gasteiger partial charge in [-0.05, 0) is 19.9 Å². The van der Waals surface area contributed by atoms with Gasteiger partial charge in [-0.1, -0.05) is 0 Å². The van der Waals surface area contributed by atoms with Crippen LogP contribution in [0, 0.1) is 0 Å². The number of aliphatic carboxylic acids is 1. The minimum atomic E-state index is -0.807. The number of carbonyl (C=O) groups is 2. The summed E-state index contributed by atoms with van der Waals surface area (Å²) >= 11 is 0. The molecule has 6 heteroatoms. The summed E-state index contributed by atoms with van der Waals surface area (Å²) in [7, 11) is 0. The van der Waals surface area contributed by atoms with Crippen LogP contribution >= 0.6 is 0 Å². The first-order valence-electron chi connectivity index (χ1n) is 5.93. The van der Waals surface area contributed by atoms with Crippen LogP contribution in [0.2, 0.25) is 0 Å². The first-order chi connectivity index (χ1) is 8.11. The van der Waals surface area contributed by atoms with Crippen molar-refractivity contribution in [3.8, 4) is 0 Å². The highest BCUT2D eigenvalue weighted by Gasteiger charge is 2.21. The molecule has 1 rings (SSSR count). The van der Waals surface area contributed by atoms with Crippen LogP contribution in [0.1, 0.15) is 19.8 Å². The van der Waals surface area contributed by atoms with Gasteiger partial charge in [-0.2, -0.15) is 0 Å². The van der Waals surface area contributed by atoms with Crippen molar-refractivity contribution in [2.24, 2.45) is 0 Å². The molecule has 0 bridgehead atoms. The first-order valence-corrected chi connectivity index (χ1v) is 5.93. The number of carbonyl (C=O) groups excluding carboxylic acids is 1. The molecular formula is C11H20N2O4. The van der Waals surface area contributed by atoms with E-state index in [1.807, 2.05) is 0 Å². The third-order valence-electron chi connectivity index (χ3n) is 2.71. The van der Waals surface area contributed by atoms with Crippen LogP contribution in [0.15, 0.2) is 0 Å². The van der Waals surface area contributed by atoms with Gasteiger partial charge in [0.25, 0.3) is 0 Å². The molecule has 6 nitrogen and oxygen atoms in total. The van der Waals surface area contributed by atoms with Crippen LogP contribution in [-0.4, -0.2) is 60.8 Å². The Bertz CT molecular complexity index is 264. The van der Waals surface area contributed by atoms with Gasteiger partial charge in [-0.25, -0.2) is 0 Å². The largest absolute Gasteiger partial charge is 0.481 e. The van der Waals surface area contributed by atoms with Crippen molar-refractivity contribution in [1.29, 1.82) is 0 Å². The van der Waals surface area contributed by atoms with Gasteiger partial charge < -0.3 is 20.1 Å². The molecule has 2 N–H and O–H groups in total. The zero-order valence-corrected chi connectivity index (χ0v) is 10.1. The minimum absolute atomic E-state index is 0.0589. The third kappa shape index (κ3) is 5.14. The highest BCUT2D eigenvalue weighted by molar-refractivity contribution is 5.81. The van der Waals surface area contributed by atoms with E-state index in [1.165, 1.54) is 0 Å². The Morgan fingerprint density at radius 2 is 2.06 bits per heavy atom. The Balaban J connectivity index is 2.19. The molecule has 1 aliphatic rings. The number of amides is 1. The molecule has 1 fully saturated rings. The Labute approximate surface area is 101 Å². The van der Waals surface area contributed by atoms with Crippen molar-refractivity contribution in [2.75, 3.05) is 32.8 Å².